The normalized spacial score (nSPS) is 14.1. The number of aliphatic hydroxyl groups excluding tert-OH is 1. The van der Waals surface area contributed by atoms with E-state index in [0.717, 1.165) is 11.3 Å². The van der Waals surface area contributed by atoms with Gasteiger partial charge in [0, 0.05) is 30.3 Å². The number of piperidine rings is 1. The Bertz CT molecular complexity index is 883. The van der Waals surface area contributed by atoms with Crippen LogP contribution < -0.4 is 10.2 Å². The Hall–Kier alpha value is -3.28. The number of carbonyl (C=O) groups excluding carboxylic acids is 1. The van der Waals surface area contributed by atoms with Crippen LogP contribution in [0.15, 0.2) is 48.5 Å². The van der Waals surface area contributed by atoms with Gasteiger partial charge in [0.1, 0.15) is 6.07 Å². The molecule has 0 atom stereocenters. The Morgan fingerprint density at radius 1 is 1.15 bits per heavy atom. The molecule has 0 aliphatic carbocycles. The maximum Gasteiger partial charge on any atom is 0.300 e. The van der Waals surface area contributed by atoms with Crippen LogP contribution in [0.1, 0.15) is 24.0 Å². The van der Waals surface area contributed by atoms with Gasteiger partial charge in [-0.1, -0.05) is 24.1 Å². The van der Waals surface area contributed by atoms with E-state index in [1.807, 2.05) is 36.4 Å². The van der Waals surface area contributed by atoms with Gasteiger partial charge in [-0.3, -0.25) is 4.79 Å². The molecule has 1 saturated heterocycles. The van der Waals surface area contributed by atoms with Gasteiger partial charge in [0.15, 0.2) is 0 Å². The predicted molar refractivity (Wildman–Crippen MR) is 101 cm³/mol. The Morgan fingerprint density at radius 2 is 1.88 bits per heavy atom. The zero-order chi connectivity index (χ0) is 18.4. The lowest BCUT2D eigenvalue weighted by Crippen LogP contribution is -2.36. The molecule has 1 aliphatic heterocycles. The quantitative estimate of drug-likeness (QED) is 0.820. The first-order valence-corrected chi connectivity index (χ1v) is 8.51. The Balaban J connectivity index is 1.70. The number of nitriles is 1. The van der Waals surface area contributed by atoms with Crippen LogP contribution in [0.3, 0.4) is 0 Å². The summed E-state index contributed by atoms with van der Waals surface area (Å²) in [5, 5.41) is 21.8. The van der Waals surface area contributed by atoms with E-state index in [4.69, 9.17) is 0 Å². The summed E-state index contributed by atoms with van der Waals surface area (Å²) in [6.45, 7) is 1.42. The second-order valence-electron chi connectivity index (χ2n) is 6.13. The molecule has 1 amide bonds. The molecule has 5 nitrogen and oxygen atoms in total. The highest BCUT2D eigenvalue weighted by atomic mass is 16.3. The maximum absolute atomic E-state index is 12.0. The van der Waals surface area contributed by atoms with Gasteiger partial charge in [-0.15, -0.1) is 0 Å². The molecule has 2 aromatic rings. The lowest BCUT2D eigenvalue weighted by atomic mass is 10.0. The molecule has 3 rings (SSSR count). The molecule has 5 heteroatoms. The van der Waals surface area contributed by atoms with E-state index in [2.05, 4.69) is 28.1 Å². The summed E-state index contributed by atoms with van der Waals surface area (Å²) in [4.78, 5) is 14.1. The van der Waals surface area contributed by atoms with Gasteiger partial charge in [-0.25, -0.2) is 0 Å². The van der Waals surface area contributed by atoms with Crippen molar-refractivity contribution >= 4 is 17.3 Å². The van der Waals surface area contributed by atoms with Crippen molar-refractivity contribution < 1.29 is 9.90 Å². The number of anilines is 2. The molecule has 130 valence electrons. The molecule has 0 unspecified atom stereocenters. The molecule has 0 radical (unpaired) electrons. The first kappa shape index (κ1) is 17.5. The third-order valence-corrected chi connectivity index (χ3v) is 4.27. The van der Waals surface area contributed by atoms with Gasteiger partial charge in [-0.2, -0.15) is 5.26 Å². The van der Waals surface area contributed by atoms with Gasteiger partial charge in [0.25, 0.3) is 0 Å². The number of rotatable bonds is 2. The van der Waals surface area contributed by atoms with Gasteiger partial charge >= 0.3 is 5.91 Å². The van der Waals surface area contributed by atoms with Crippen LogP contribution >= 0.6 is 0 Å². The number of benzene rings is 2. The van der Waals surface area contributed by atoms with Crippen molar-refractivity contribution in [3.05, 3.63) is 59.7 Å². The van der Waals surface area contributed by atoms with Crippen LogP contribution in [0.4, 0.5) is 11.4 Å². The lowest BCUT2D eigenvalue weighted by molar-refractivity contribution is -0.111. The van der Waals surface area contributed by atoms with Crippen molar-refractivity contribution in [2.24, 2.45) is 0 Å². The molecule has 1 heterocycles. The summed E-state index contributed by atoms with van der Waals surface area (Å²) in [7, 11) is 0. The first-order chi connectivity index (χ1) is 12.7. The van der Waals surface area contributed by atoms with Gasteiger partial charge < -0.3 is 15.3 Å². The van der Waals surface area contributed by atoms with E-state index >= 15 is 0 Å². The van der Waals surface area contributed by atoms with Crippen LogP contribution in [0.2, 0.25) is 0 Å². The van der Waals surface area contributed by atoms with Crippen LogP contribution in [-0.4, -0.2) is 30.2 Å². The standard InChI is InChI=1S/C21H19N3O2/c22-15-17-14-18(7-8-20(17)24-12-10-19(25)11-13-24)23-21(26)9-6-16-4-2-1-3-5-16/h1-5,7-8,14,19,25H,10-13H2,(H,23,26). The van der Waals surface area contributed by atoms with Crippen molar-refractivity contribution in [2.45, 2.75) is 18.9 Å². The number of hydrogen-bond donors (Lipinski definition) is 2. The number of hydrogen-bond acceptors (Lipinski definition) is 4. The number of carbonyl (C=O) groups is 1. The van der Waals surface area contributed by atoms with E-state index in [0.29, 0.717) is 37.2 Å². The van der Waals surface area contributed by atoms with E-state index in [1.165, 1.54) is 0 Å². The molecule has 0 saturated carbocycles. The topological polar surface area (TPSA) is 76.4 Å². The van der Waals surface area contributed by atoms with Crippen LogP contribution in [0.5, 0.6) is 0 Å². The van der Waals surface area contributed by atoms with Gasteiger partial charge in [0.05, 0.1) is 17.4 Å². The van der Waals surface area contributed by atoms with E-state index < -0.39 is 5.91 Å². The summed E-state index contributed by atoms with van der Waals surface area (Å²) in [5.74, 6) is 4.92. The molecule has 2 aromatic carbocycles. The molecule has 0 spiro atoms. The summed E-state index contributed by atoms with van der Waals surface area (Å²) >= 11 is 0. The average molecular weight is 345 g/mol. The highest BCUT2D eigenvalue weighted by Crippen LogP contribution is 2.26. The number of nitrogens with one attached hydrogen (secondary N) is 1. The van der Waals surface area contributed by atoms with Crippen LogP contribution in [-0.2, 0) is 4.79 Å². The minimum Gasteiger partial charge on any atom is -0.393 e. The average Bonchev–Trinajstić information content (AvgIpc) is 2.68. The molecule has 1 fully saturated rings. The molecule has 0 aromatic heterocycles. The van der Waals surface area contributed by atoms with Crippen molar-refractivity contribution in [3.8, 4) is 17.9 Å². The van der Waals surface area contributed by atoms with Crippen molar-refractivity contribution in [3.63, 3.8) is 0 Å². The van der Waals surface area contributed by atoms with Crippen molar-refractivity contribution in [1.29, 1.82) is 5.26 Å². The van der Waals surface area contributed by atoms with Crippen LogP contribution in [0.25, 0.3) is 0 Å². The van der Waals surface area contributed by atoms with E-state index in [1.54, 1.807) is 12.1 Å². The molecule has 0 bridgehead atoms. The van der Waals surface area contributed by atoms with Gasteiger partial charge in [0.2, 0.25) is 0 Å². The summed E-state index contributed by atoms with van der Waals surface area (Å²) < 4.78 is 0. The summed E-state index contributed by atoms with van der Waals surface area (Å²) in [5.41, 5.74) is 2.63. The first-order valence-electron chi connectivity index (χ1n) is 8.51. The highest BCUT2D eigenvalue weighted by Gasteiger charge is 2.19. The molecule has 1 aliphatic rings. The smallest absolute Gasteiger partial charge is 0.300 e. The molecular weight excluding hydrogens is 326 g/mol. The summed E-state index contributed by atoms with van der Waals surface area (Å²) in [6.07, 6.45) is 1.12. The number of aliphatic hydroxyl groups is 1. The second-order valence-corrected chi connectivity index (χ2v) is 6.13. The third-order valence-electron chi connectivity index (χ3n) is 4.27. The zero-order valence-electron chi connectivity index (χ0n) is 14.3. The third kappa shape index (κ3) is 4.42. The monoisotopic (exact) mass is 345 g/mol. The highest BCUT2D eigenvalue weighted by molar-refractivity contribution is 6.04. The number of nitrogens with zero attached hydrogens (tertiary/aromatic N) is 2. The number of amides is 1. The lowest BCUT2D eigenvalue weighted by Gasteiger charge is -2.32. The minimum absolute atomic E-state index is 0.265. The predicted octanol–water partition coefficient (Wildman–Crippen LogP) is 2.51. The molecular formula is C21H19N3O2. The summed E-state index contributed by atoms with van der Waals surface area (Å²) in [6, 6.07) is 16.7. The van der Waals surface area contributed by atoms with Crippen molar-refractivity contribution in [1.82, 2.24) is 0 Å². The largest absolute Gasteiger partial charge is 0.393 e. The Morgan fingerprint density at radius 3 is 2.58 bits per heavy atom. The Kier molecular flexibility index (Phi) is 5.53. The van der Waals surface area contributed by atoms with Gasteiger partial charge in [-0.05, 0) is 43.2 Å². The van der Waals surface area contributed by atoms with Crippen molar-refractivity contribution in [2.75, 3.05) is 23.3 Å². The fraction of sp³-hybridized carbons (Fsp3) is 0.238. The SMILES string of the molecule is N#Cc1cc(NC(=O)C#Cc2ccccc2)ccc1N1CCC(O)CC1. The zero-order valence-corrected chi connectivity index (χ0v) is 14.3. The second kappa shape index (κ2) is 8.20. The molecule has 2 N–H and O–H groups in total. The maximum atomic E-state index is 12.0. The fourth-order valence-corrected chi connectivity index (χ4v) is 2.90. The van der Waals surface area contributed by atoms with E-state index in [-0.39, 0.29) is 6.10 Å². The van der Waals surface area contributed by atoms with E-state index in [9.17, 15) is 15.2 Å². The van der Waals surface area contributed by atoms with Crippen LogP contribution in [0, 0.1) is 23.2 Å². The molecule has 26 heavy (non-hydrogen) atoms. The fourth-order valence-electron chi connectivity index (χ4n) is 2.90. The Labute approximate surface area is 152 Å². The minimum atomic E-state index is -0.424.